The van der Waals surface area contributed by atoms with Gasteiger partial charge in [-0.3, -0.25) is 55.2 Å². The molecule has 1 aliphatic rings. The first-order valence-electron chi connectivity index (χ1n) is 42.2. The Hall–Kier alpha value is -10.9. The topological polar surface area (TPSA) is 436 Å². The molecule has 3 atom stereocenters. The molecular formula is C90H138N12O23. The SMILES string of the molecule is CC(=O)N[C@@H](CCCN=C(NC(=O)OC(C)(C)C)NC(=O)OC(C)(C)C)C(=O)Nc1ccc2c(c1)OCCOCCOCCOc1cc(NC(=O)[C@H](CCCN=C(NC(=O)OC(C)(C)C)NC(=O)OC(C)(C)C)NC(C)=O)ccc1OCCOCCOCCO2.COC(=O)[C@H](Cc1ccccc1)NC(=O)CCCCNCc1cc(C(C)(C)C)cc(C(C)(C)C)c1. The molecule has 10 N–H and O–H groups in total. The largest absolute Gasteiger partial charge is 0.487 e. The molecule has 35 nitrogen and oxygen atoms in total. The molecule has 696 valence electrons. The molecule has 35 heteroatoms. The number of unbranched alkanes of at least 4 members (excludes halogenated alkanes) is 1. The highest BCUT2D eigenvalue weighted by Crippen LogP contribution is 2.34. The number of nitrogens with one attached hydrogen (secondary N) is 10. The number of ether oxygens (including phenoxy) is 13. The van der Waals surface area contributed by atoms with Crippen LogP contribution < -0.4 is 72.1 Å². The van der Waals surface area contributed by atoms with Crippen LogP contribution in [0.25, 0.3) is 0 Å². The second kappa shape index (κ2) is 53.4. The summed E-state index contributed by atoms with van der Waals surface area (Å²) >= 11 is 0. The number of methoxy groups -OCH3 is 1. The average molecular weight is 1760 g/mol. The number of guanidine groups is 2. The van der Waals surface area contributed by atoms with Crippen LogP contribution in [0.15, 0.2) is 94.9 Å². The minimum atomic E-state index is -1.01. The summed E-state index contributed by atoms with van der Waals surface area (Å²) in [4.78, 5) is 135. The fraction of sp³-hybridized carbons (Fsp3) is 0.600. The Labute approximate surface area is 736 Å². The number of fused-ring (bicyclic) bond motifs is 2. The van der Waals surface area contributed by atoms with Crippen LogP contribution in [-0.2, 0) is 95.2 Å². The Balaban J connectivity index is 0.000000775. The highest BCUT2D eigenvalue weighted by Gasteiger charge is 2.29. The van der Waals surface area contributed by atoms with Crippen molar-refractivity contribution >= 4 is 83.2 Å². The quantitative estimate of drug-likeness (QED) is 0.00968. The maximum absolute atomic E-state index is 13.7. The fourth-order valence-corrected chi connectivity index (χ4v) is 11.3. The second-order valence-corrected chi connectivity index (χ2v) is 35.3. The normalized spacial score (nSPS) is 14.2. The monoisotopic (exact) mass is 1750 g/mol. The number of hydrogen-bond donors (Lipinski definition) is 10. The number of amides is 9. The number of anilines is 2. The lowest BCUT2D eigenvalue weighted by atomic mass is 9.79. The molecule has 0 unspecified atom stereocenters. The van der Waals surface area contributed by atoms with Gasteiger partial charge in [0.15, 0.2) is 23.0 Å². The first-order chi connectivity index (χ1) is 58.6. The summed E-state index contributed by atoms with van der Waals surface area (Å²) in [5.74, 6) is -1.72. The molecule has 4 aromatic carbocycles. The Morgan fingerprint density at radius 2 is 0.760 bits per heavy atom. The van der Waals surface area contributed by atoms with E-state index in [1.54, 1.807) is 119 Å². The summed E-state index contributed by atoms with van der Waals surface area (Å²) in [6.45, 7) is 39.8. The van der Waals surface area contributed by atoms with Crippen molar-refractivity contribution in [3.8, 4) is 23.0 Å². The third kappa shape index (κ3) is 48.3. The summed E-state index contributed by atoms with van der Waals surface area (Å²) < 4.78 is 73.3. The Bertz CT molecular complexity index is 3860. The van der Waals surface area contributed by atoms with Crippen molar-refractivity contribution in [2.45, 2.75) is 248 Å². The van der Waals surface area contributed by atoms with Gasteiger partial charge in [-0.1, -0.05) is 90.1 Å². The van der Waals surface area contributed by atoms with E-state index < -0.39 is 94.5 Å². The highest BCUT2D eigenvalue weighted by atomic mass is 16.6. The van der Waals surface area contributed by atoms with Crippen molar-refractivity contribution in [2.75, 3.05) is 117 Å². The van der Waals surface area contributed by atoms with Gasteiger partial charge >= 0.3 is 30.3 Å². The molecule has 0 saturated carbocycles. The van der Waals surface area contributed by atoms with Gasteiger partial charge in [0.25, 0.3) is 0 Å². The Kier molecular flexibility index (Phi) is 45.5. The second-order valence-electron chi connectivity index (χ2n) is 35.3. The van der Waals surface area contributed by atoms with E-state index in [9.17, 15) is 47.9 Å². The number of hydrogen-bond acceptors (Lipinski definition) is 26. The summed E-state index contributed by atoms with van der Waals surface area (Å²) in [6.07, 6.45) is -0.322. The zero-order valence-corrected chi connectivity index (χ0v) is 77.1. The molecule has 9 amide bonds. The van der Waals surface area contributed by atoms with Crippen LogP contribution in [-0.4, -0.2) is 218 Å². The zero-order valence-electron chi connectivity index (χ0n) is 77.1. The van der Waals surface area contributed by atoms with E-state index in [2.05, 4.69) is 123 Å². The summed E-state index contributed by atoms with van der Waals surface area (Å²) in [5, 5.41) is 27.0. The molecule has 1 heterocycles. The lowest BCUT2D eigenvalue weighted by molar-refractivity contribution is -0.145. The van der Waals surface area contributed by atoms with Gasteiger partial charge in [-0.15, -0.1) is 0 Å². The van der Waals surface area contributed by atoms with E-state index in [1.165, 1.54) is 37.6 Å². The van der Waals surface area contributed by atoms with Gasteiger partial charge < -0.3 is 93.5 Å². The van der Waals surface area contributed by atoms with Gasteiger partial charge in [0.1, 0.15) is 67.0 Å². The van der Waals surface area contributed by atoms with Crippen molar-refractivity contribution in [1.82, 2.24) is 42.5 Å². The molecular weight excluding hydrogens is 1620 g/mol. The van der Waals surface area contributed by atoms with Gasteiger partial charge in [-0.05, 0) is 186 Å². The number of nitrogens with zero attached hydrogens (tertiary/aromatic N) is 2. The van der Waals surface area contributed by atoms with Crippen LogP contribution >= 0.6 is 0 Å². The van der Waals surface area contributed by atoms with Crippen LogP contribution in [0.2, 0.25) is 0 Å². The molecule has 0 saturated heterocycles. The summed E-state index contributed by atoms with van der Waals surface area (Å²) in [5.41, 5.74) is 2.51. The predicted molar refractivity (Wildman–Crippen MR) is 475 cm³/mol. The van der Waals surface area contributed by atoms with Crippen LogP contribution in [0, 0.1) is 0 Å². The summed E-state index contributed by atoms with van der Waals surface area (Å²) in [7, 11) is 1.35. The number of benzene rings is 4. The maximum Gasteiger partial charge on any atom is 0.414 e. The predicted octanol–water partition coefficient (Wildman–Crippen LogP) is 11.7. The van der Waals surface area contributed by atoms with Crippen molar-refractivity contribution in [3.63, 3.8) is 0 Å². The number of rotatable bonds is 25. The minimum Gasteiger partial charge on any atom is -0.487 e. The lowest BCUT2D eigenvalue weighted by Crippen LogP contribution is -2.47. The molecule has 0 spiro atoms. The molecule has 5 rings (SSSR count). The molecule has 1 aliphatic heterocycles. The fourth-order valence-electron chi connectivity index (χ4n) is 11.3. The first-order valence-corrected chi connectivity index (χ1v) is 42.2. The summed E-state index contributed by atoms with van der Waals surface area (Å²) in [6, 6.07) is 23.5. The van der Waals surface area contributed by atoms with E-state index in [1.807, 2.05) is 30.3 Å². The molecule has 0 bridgehead atoms. The first kappa shape index (κ1) is 106. The van der Waals surface area contributed by atoms with Crippen molar-refractivity contribution in [2.24, 2.45) is 9.98 Å². The van der Waals surface area contributed by atoms with E-state index in [0.29, 0.717) is 35.7 Å². The van der Waals surface area contributed by atoms with E-state index in [-0.39, 0.29) is 158 Å². The van der Waals surface area contributed by atoms with Crippen molar-refractivity contribution in [3.05, 3.63) is 107 Å². The van der Waals surface area contributed by atoms with Crippen molar-refractivity contribution < 1.29 is 110 Å². The minimum absolute atomic E-state index is 0.0137. The average Bonchev–Trinajstić information content (AvgIpc) is 0.559. The van der Waals surface area contributed by atoms with Crippen molar-refractivity contribution in [1.29, 1.82) is 0 Å². The van der Waals surface area contributed by atoms with Crippen LogP contribution in [0.4, 0.5) is 30.6 Å². The zero-order chi connectivity index (χ0) is 93.0. The number of esters is 1. The molecule has 0 radical (unpaired) electrons. The Morgan fingerprint density at radius 3 is 1.10 bits per heavy atom. The molecule has 0 fully saturated rings. The van der Waals surface area contributed by atoms with Crippen LogP contribution in [0.5, 0.6) is 23.0 Å². The number of carbonyl (C=O) groups is 10. The molecule has 0 aromatic heterocycles. The molecule has 4 aromatic rings. The van der Waals surface area contributed by atoms with Gasteiger partial charge in [-0.2, -0.15) is 0 Å². The molecule has 125 heavy (non-hydrogen) atoms. The van der Waals surface area contributed by atoms with Crippen LogP contribution in [0.3, 0.4) is 0 Å². The number of alkyl carbamates (subject to hydrolysis) is 4. The number of aliphatic imine (C=N–C) groups is 2. The van der Waals surface area contributed by atoms with E-state index in [0.717, 1.165) is 31.5 Å². The number of carbonyl (C=O) groups excluding carboxylic acids is 10. The highest BCUT2D eigenvalue weighted by molar-refractivity contribution is 6.02. The third-order valence-electron chi connectivity index (χ3n) is 17.0. The van der Waals surface area contributed by atoms with E-state index >= 15 is 0 Å². The molecule has 0 aliphatic carbocycles. The third-order valence-corrected chi connectivity index (χ3v) is 17.0. The smallest absolute Gasteiger partial charge is 0.414 e. The van der Waals surface area contributed by atoms with Gasteiger partial charge in [0.05, 0.1) is 60.0 Å². The van der Waals surface area contributed by atoms with E-state index in [4.69, 9.17) is 61.6 Å². The maximum atomic E-state index is 13.7. The Morgan fingerprint density at radius 1 is 0.400 bits per heavy atom. The van der Waals surface area contributed by atoms with Gasteiger partial charge in [-0.25, -0.2) is 24.0 Å². The van der Waals surface area contributed by atoms with Gasteiger partial charge in [0.2, 0.25) is 41.5 Å². The lowest BCUT2D eigenvalue weighted by Gasteiger charge is -2.26. The van der Waals surface area contributed by atoms with Gasteiger partial charge in [0, 0.05) is 69.8 Å². The standard InChI is InChI=1S/C60H94N10O20.C30H44N2O3/c1-39(71)63-43(17-15-23-61-51(67-53(75)87-57(3,4)5)68-54(76)88-58(6,7)8)49(73)65-41-19-21-45-47(37-41)85-35-31-81-27-28-82-32-36-86-48-38-42(20-22-46(48)84-34-30-80-26-25-79-29-33-83-45)66-50(74)44(64-40(2)72)18-16-24-62-52(69-55(77)89-59(9,10)11)70-56(78)90-60(12,13)14;1-29(2,3)24-17-23(18-25(20-24)30(4,5)6)21-31-16-12-11-15-27(33)32-26(28(34)35-7)19-22-13-9-8-10-14-22/h19-22,37-38,43-44H,15-18,23-36H2,1-14H3,(H,63,71)(H,64,72)(H,65,73)(H,66,74)(H2,61,67,68,75,76)(H2,62,69,70,77,78);8-10,13-14,17-18,20,26,31H,11-12,15-16,19,21H2,1-7H3,(H,32,33)/t43-,44-;26-/m00/s1. The van der Waals surface area contributed by atoms with Crippen LogP contribution in [0.1, 0.15) is 206 Å².